The van der Waals surface area contributed by atoms with Crippen molar-refractivity contribution in [2.24, 2.45) is 5.92 Å². The summed E-state index contributed by atoms with van der Waals surface area (Å²) in [6.45, 7) is 6.35. The number of hydrogen-bond donors (Lipinski definition) is 2. The number of anilines is 1. The van der Waals surface area contributed by atoms with Gasteiger partial charge in [0.05, 0.1) is 4.90 Å². The third kappa shape index (κ3) is 6.10. The maximum Gasteiger partial charge on any atom is 0.241 e. The van der Waals surface area contributed by atoms with Gasteiger partial charge in [-0.2, -0.15) is 4.72 Å². The lowest BCUT2D eigenvalue weighted by atomic mass is 10.0. The predicted octanol–water partition coefficient (Wildman–Crippen LogP) is 3.52. The third-order valence-corrected chi connectivity index (χ3v) is 7.85. The highest BCUT2D eigenvalue weighted by atomic mass is 32.2. The van der Waals surface area contributed by atoms with Gasteiger partial charge in [0.15, 0.2) is 0 Å². The van der Waals surface area contributed by atoms with E-state index < -0.39 is 16.1 Å². The minimum absolute atomic E-state index is 0.0321. The van der Waals surface area contributed by atoms with Crippen LogP contribution in [0.2, 0.25) is 0 Å². The molecule has 2 aliphatic rings. The van der Waals surface area contributed by atoms with Crippen molar-refractivity contribution in [3.8, 4) is 0 Å². The summed E-state index contributed by atoms with van der Waals surface area (Å²) in [5, 5.41) is 3.09. The van der Waals surface area contributed by atoms with E-state index in [2.05, 4.69) is 10.0 Å². The number of benzene rings is 1. The zero-order valence-electron chi connectivity index (χ0n) is 19.5. The number of fused-ring (bicyclic) bond motifs is 1. The Bertz CT molecular complexity index is 921. The fourth-order valence-corrected chi connectivity index (χ4v) is 5.91. The van der Waals surface area contributed by atoms with Crippen LogP contribution in [0, 0.1) is 5.92 Å². The Balaban J connectivity index is 1.75. The molecule has 0 bridgehead atoms. The maximum atomic E-state index is 13.2. The largest absolute Gasteiger partial charge is 0.352 e. The lowest BCUT2D eigenvalue weighted by molar-refractivity contribution is -0.124. The quantitative estimate of drug-likeness (QED) is 0.577. The number of nitrogens with one attached hydrogen (secondary N) is 2. The average molecular weight is 464 g/mol. The van der Waals surface area contributed by atoms with Crippen LogP contribution < -0.4 is 14.9 Å². The first-order valence-electron chi connectivity index (χ1n) is 12.0. The molecule has 0 saturated heterocycles. The van der Waals surface area contributed by atoms with E-state index >= 15 is 0 Å². The Morgan fingerprint density at radius 2 is 1.81 bits per heavy atom. The molecule has 2 amide bonds. The standard InChI is InChI=1S/C24H37N3O4S/c1-4-23(28)27-14-13-18-16-20(11-12-22(18)27)32(30,31)26-21(15-17(2)3)24(29)25-19-9-7-5-6-8-10-19/h11-12,16-17,19,21,26H,4-10,13-15H2,1-3H3,(H,25,29)/t21-/m1/s1. The van der Waals surface area contributed by atoms with E-state index in [4.69, 9.17) is 0 Å². The van der Waals surface area contributed by atoms with Crippen molar-refractivity contribution in [2.75, 3.05) is 11.4 Å². The van der Waals surface area contributed by atoms with Crippen LogP contribution in [0.4, 0.5) is 5.69 Å². The zero-order valence-corrected chi connectivity index (χ0v) is 20.3. The normalized spacial score (nSPS) is 18.3. The molecule has 1 atom stereocenters. The van der Waals surface area contributed by atoms with Gasteiger partial charge in [-0.05, 0) is 55.4 Å². The van der Waals surface area contributed by atoms with Crippen molar-refractivity contribution >= 4 is 27.5 Å². The molecule has 1 saturated carbocycles. The van der Waals surface area contributed by atoms with Crippen molar-refractivity contribution in [3.05, 3.63) is 23.8 Å². The number of amides is 2. The summed E-state index contributed by atoms with van der Waals surface area (Å²) in [5.74, 6) is -0.0454. The van der Waals surface area contributed by atoms with E-state index in [9.17, 15) is 18.0 Å². The van der Waals surface area contributed by atoms with Gasteiger partial charge >= 0.3 is 0 Å². The molecular weight excluding hydrogens is 426 g/mol. The van der Waals surface area contributed by atoms with E-state index in [1.807, 2.05) is 20.8 Å². The summed E-state index contributed by atoms with van der Waals surface area (Å²) in [4.78, 5) is 27.0. The number of carbonyl (C=O) groups excluding carboxylic acids is 2. The minimum Gasteiger partial charge on any atom is -0.352 e. The molecule has 0 unspecified atom stereocenters. The van der Waals surface area contributed by atoms with Crippen LogP contribution in [0.1, 0.15) is 77.7 Å². The maximum absolute atomic E-state index is 13.2. The monoisotopic (exact) mass is 463 g/mol. The Morgan fingerprint density at radius 1 is 1.12 bits per heavy atom. The van der Waals surface area contributed by atoms with E-state index in [0.29, 0.717) is 25.8 Å². The van der Waals surface area contributed by atoms with Gasteiger partial charge in [-0.1, -0.05) is 46.5 Å². The van der Waals surface area contributed by atoms with Crippen molar-refractivity contribution in [1.82, 2.24) is 10.0 Å². The van der Waals surface area contributed by atoms with Crippen LogP contribution in [0.5, 0.6) is 0 Å². The summed E-state index contributed by atoms with van der Waals surface area (Å²) in [6, 6.07) is 4.17. The molecule has 3 rings (SSSR count). The highest BCUT2D eigenvalue weighted by molar-refractivity contribution is 7.89. The molecule has 0 radical (unpaired) electrons. The van der Waals surface area contributed by atoms with Crippen LogP contribution >= 0.6 is 0 Å². The first-order chi connectivity index (χ1) is 15.2. The molecule has 8 heteroatoms. The van der Waals surface area contributed by atoms with Crippen LogP contribution in [-0.4, -0.2) is 38.9 Å². The van der Waals surface area contributed by atoms with Gasteiger partial charge in [0.25, 0.3) is 0 Å². The van der Waals surface area contributed by atoms with Crippen LogP contribution in [-0.2, 0) is 26.0 Å². The van der Waals surface area contributed by atoms with Crippen LogP contribution in [0.15, 0.2) is 23.1 Å². The fraction of sp³-hybridized carbons (Fsp3) is 0.667. The average Bonchev–Trinajstić information content (AvgIpc) is 3.00. The van der Waals surface area contributed by atoms with Crippen LogP contribution in [0.3, 0.4) is 0 Å². The number of hydrogen-bond acceptors (Lipinski definition) is 4. The smallest absolute Gasteiger partial charge is 0.241 e. The molecule has 2 N–H and O–H groups in total. The molecular formula is C24H37N3O4S. The number of carbonyl (C=O) groups is 2. The van der Waals surface area contributed by atoms with Gasteiger partial charge in [0.2, 0.25) is 21.8 Å². The molecule has 0 aromatic heterocycles. The molecule has 0 spiro atoms. The fourth-order valence-electron chi connectivity index (χ4n) is 4.66. The Kier molecular flexibility index (Phi) is 8.33. The lowest BCUT2D eigenvalue weighted by Crippen LogP contribution is -2.50. The molecule has 1 fully saturated rings. The molecule has 1 aliphatic carbocycles. The Morgan fingerprint density at radius 3 is 2.44 bits per heavy atom. The highest BCUT2D eigenvalue weighted by Gasteiger charge is 2.30. The summed E-state index contributed by atoms with van der Waals surface area (Å²) in [6.07, 6.45) is 7.94. The molecule has 32 heavy (non-hydrogen) atoms. The third-order valence-electron chi connectivity index (χ3n) is 6.38. The van der Waals surface area contributed by atoms with Gasteiger partial charge in [0, 0.05) is 24.7 Å². The second-order valence-electron chi connectivity index (χ2n) is 9.44. The van der Waals surface area contributed by atoms with Gasteiger partial charge < -0.3 is 10.2 Å². The topological polar surface area (TPSA) is 95.6 Å². The summed E-state index contributed by atoms with van der Waals surface area (Å²) < 4.78 is 29.0. The number of sulfonamides is 1. The van der Waals surface area contributed by atoms with Gasteiger partial charge in [-0.3, -0.25) is 9.59 Å². The van der Waals surface area contributed by atoms with Gasteiger partial charge in [-0.25, -0.2) is 8.42 Å². The summed E-state index contributed by atoms with van der Waals surface area (Å²) in [5.41, 5.74) is 1.62. The number of rotatable bonds is 8. The molecule has 7 nitrogen and oxygen atoms in total. The predicted molar refractivity (Wildman–Crippen MR) is 126 cm³/mol. The Labute approximate surface area is 192 Å². The van der Waals surface area contributed by atoms with Crippen molar-refractivity contribution < 1.29 is 18.0 Å². The van der Waals surface area contributed by atoms with Gasteiger partial charge in [-0.15, -0.1) is 0 Å². The highest BCUT2D eigenvalue weighted by Crippen LogP contribution is 2.31. The first kappa shape index (κ1) is 24.7. The van der Waals surface area contributed by atoms with Gasteiger partial charge in [0.1, 0.15) is 6.04 Å². The molecule has 1 aromatic rings. The van der Waals surface area contributed by atoms with Crippen LogP contribution in [0.25, 0.3) is 0 Å². The van der Waals surface area contributed by atoms with E-state index in [-0.39, 0.29) is 28.7 Å². The summed E-state index contributed by atoms with van der Waals surface area (Å²) in [7, 11) is -3.88. The SMILES string of the molecule is CCC(=O)N1CCc2cc(S(=O)(=O)N[C@H](CC(C)C)C(=O)NC3CCCCCC3)ccc21. The molecule has 178 valence electrons. The van der Waals surface area contributed by atoms with E-state index in [1.54, 1.807) is 17.0 Å². The van der Waals surface area contributed by atoms with E-state index in [1.165, 1.54) is 18.9 Å². The van der Waals surface area contributed by atoms with Crippen molar-refractivity contribution in [3.63, 3.8) is 0 Å². The van der Waals surface area contributed by atoms with Crippen molar-refractivity contribution in [2.45, 2.75) is 95.5 Å². The molecule has 1 aromatic carbocycles. The summed E-state index contributed by atoms with van der Waals surface area (Å²) >= 11 is 0. The molecule has 1 aliphatic heterocycles. The Hall–Kier alpha value is -1.93. The zero-order chi connectivity index (χ0) is 23.3. The lowest BCUT2D eigenvalue weighted by Gasteiger charge is -2.24. The second kappa shape index (κ2) is 10.8. The first-order valence-corrected chi connectivity index (χ1v) is 13.5. The second-order valence-corrected chi connectivity index (χ2v) is 11.2. The van der Waals surface area contributed by atoms with E-state index in [0.717, 1.165) is 36.9 Å². The molecule has 1 heterocycles. The van der Waals surface area contributed by atoms with Crippen molar-refractivity contribution in [1.29, 1.82) is 0 Å². The number of nitrogens with zero attached hydrogens (tertiary/aromatic N) is 1. The minimum atomic E-state index is -3.88.